The number of anilines is 2. The number of nitrogens with one attached hydrogen (secondary N) is 1. The fourth-order valence-corrected chi connectivity index (χ4v) is 3.88. The Morgan fingerprint density at radius 3 is 2.41 bits per heavy atom. The lowest BCUT2D eigenvalue weighted by Gasteiger charge is -2.36. The highest BCUT2D eigenvalue weighted by molar-refractivity contribution is 5.99. The van der Waals surface area contributed by atoms with Gasteiger partial charge < -0.3 is 15.0 Å². The number of carbonyl (C=O) groups excluding carboxylic acids is 1. The van der Waals surface area contributed by atoms with Crippen LogP contribution in [-0.4, -0.2) is 59.8 Å². The van der Waals surface area contributed by atoms with Gasteiger partial charge in [-0.05, 0) is 36.4 Å². The normalized spacial score (nSPS) is 14.7. The van der Waals surface area contributed by atoms with E-state index in [1.807, 2.05) is 4.90 Å². The number of alkyl halides is 3. The number of halogens is 3. The zero-order valence-corrected chi connectivity index (χ0v) is 17.8. The number of pyridine rings is 1. The highest BCUT2D eigenvalue weighted by Crippen LogP contribution is 2.33. The maximum atomic E-state index is 12.4. The number of non-ortho nitro benzene ring substituents is 1. The molecule has 4 rings (SSSR count). The molecule has 34 heavy (non-hydrogen) atoms. The van der Waals surface area contributed by atoms with Crippen LogP contribution >= 0.6 is 0 Å². The van der Waals surface area contributed by atoms with Crippen molar-refractivity contribution in [2.24, 2.45) is 0 Å². The Bertz CT molecular complexity index is 1200. The van der Waals surface area contributed by atoms with E-state index in [1.54, 1.807) is 18.3 Å². The van der Waals surface area contributed by atoms with E-state index in [9.17, 15) is 28.1 Å². The average molecular weight is 475 g/mol. The molecule has 1 aliphatic rings. The van der Waals surface area contributed by atoms with Crippen LogP contribution in [0.2, 0.25) is 0 Å². The summed E-state index contributed by atoms with van der Waals surface area (Å²) in [6.45, 7) is 2.54. The Balaban J connectivity index is 1.33. The van der Waals surface area contributed by atoms with Gasteiger partial charge in [-0.1, -0.05) is 0 Å². The predicted octanol–water partition coefficient (Wildman–Crippen LogP) is 3.80. The van der Waals surface area contributed by atoms with Gasteiger partial charge in [-0.2, -0.15) is 0 Å². The zero-order chi connectivity index (χ0) is 24.3. The number of carbonyl (C=O) groups is 1. The van der Waals surface area contributed by atoms with Crippen molar-refractivity contribution in [2.75, 3.05) is 42.9 Å². The first-order valence-corrected chi connectivity index (χ1v) is 10.3. The maximum Gasteiger partial charge on any atom is 0.573 e. The van der Waals surface area contributed by atoms with Crippen molar-refractivity contribution >= 4 is 33.7 Å². The zero-order valence-electron chi connectivity index (χ0n) is 17.8. The van der Waals surface area contributed by atoms with E-state index in [0.717, 1.165) is 23.2 Å². The number of hydrogen-bond acceptors (Lipinski definition) is 7. The first kappa shape index (κ1) is 23.2. The van der Waals surface area contributed by atoms with Crippen LogP contribution in [0.1, 0.15) is 0 Å². The summed E-state index contributed by atoms with van der Waals surface area (Å²) >= 11 is 0. The summed E-state index contributed by atoms with van der Waals surface area (Å²) in [5, 5.41) is 15.2. The summed E-state index contributed by atoms with van der Waals surface area (Å²) in [5.41, 5.74) is 1.23. The number of piperazine rings is 1. The smallest absolute Gasteiger partial charge is 0.406 e. The molecule has 0 atom stereocenters. The lowest BCUT2D eigenvalue weighted by molar-refractivity contribution is -0.383. The van der Waals surface area contributed by atoms with E-state index >= 15 is 0 Å². The third kappa shape index (κ3) is 5.52. The number of rotatable bonds is 6. The maximum absolute atomic E-state index is 12.4. The molecule has 1 fully saturated rings. The lowest BCUT2D eigenvalue weighted by atomic mass is 10.1. The van der Waals surface area contributed by atoms with Gasteiger partial charge >= 0.3 is 6.36 Å². The molecular weight excluding hydrogens is 455 g/mol. The molecule has 12 heteroatoms. The van der Waals surface area contributed by atoms with E-state index in [4.69, 9.17) is 0 Å². The van der Waals surface area contributed by atoms with E-state index in [1.165, 1.54) is 24.4 Å². The van der Waals surface area contributed by atoms with Crippen LogP contribution in [0.15, 0.2) is 54.9 Å². The summed E-state index contributed by atoms with van der Waals surface area (Å²) in [6.07, 6.45) is -1.69. The summed E-state index contributed by atoms with van der Waals surface area (Å²) in [4.78, 5) is 31.3. The van der Waals surface area contributed by atoms with Gasteiger partial charge in [0.1, 0.15) is 5.75 Å². The third-order valence-corrected chi connectivity index (χ3v) is 5.42. The minimum atomic E-state index is -4.77. The van der Waals surface area contributed by atoms with Gasteiger partial charge in [0.2, 0.25) is 5.91 Å². The van der Waals surface area contributed by atoms with Crippen LogP contribution in [0.4, 0.5) is 30.2 Å². The molecule has 2 heterocycles. The molecule has 0 bridgehead atoms. The molecule has 1 aromatic heterocycles. The van der Waals surface area contributed by atoms with Crippen molar-refractivity contribution in [1.82, 2.24) is 9.88 Å². The fourth-order valence-electron chi connectivity index (χ4n) is 3.88. The van der Waals surface area contributed by atoms with Gasteiger partial charge in [0, 0.05) is 61.4 Å². The second-order valence-corrected chi connectivity index (χ2v) is 7.67. The number of benzene rings is 2. The van der Waals surface area contributed by atoms with E-state index in [2.05, 4.69) is 19.9 Å². The van der Waals surface area contributed by atoms with Crippen molar-refractivity contribution < 1.29 is 27.6 Å². The van der Waals surface area contributed by atoms with Gasteiger partial charge in [0.25, 0.3) is 5.69 Å². The van der Waals surface area contributed by atoms with Crippen LogP contribution in [0.25, 0.3) is 10.8 Å². The van der Waals surface area contributed by atoms with Gasteiger partial charge in [-0.3, -0.25) is 24.8 Å². The molecule has 3 aromatic rings. The van der Waals surface area contributed by atoms with E-state index in [-0.39, 0.29) is 23.9 Å². The number of ether oxygens (including phenoxy) is 1. The first-order chi connectivity index (χ1) is 16.2. The number of amides is 1. The van der Waals surface area contributed by atoms with Gasteiger partial charge in [-0.25, -0.2) is 0 Å². The van der Waals surface area contributed by atoms with Crippen molar-refractivity contribution in [1.29, 1.82) is 0 Å². The van der Waals surface area contributed by atoms with E-state index < -0.39 is 11.3 Å². The highest BCUT2D eigenvalue weighted by atomic mass is 19.4. The van der Waals surface area contributed by atoms with Crippen molar-refractivity contribution in [3.8, 4) is 5.75 Å². The van der Waals surface area contributed by atoms with Crippen LogP contribution in [-0.2, 0) is 4.79 Å². The van der Waals surface area contributed by atoms with Crippen molar-refractivity contribution in [3.05, 3.63) is 65.0 Å². The Kier molecular flexibility index (Phi) is 6.50. The standard InChI is InChI=1S/C22H20F3N5O4/c23-22(24,25)34-16-3-1-15(2-4-16)27-21(31)14-28-9-11-29(12-10-28)19-5-6-20(30(32)33)18-13-26-8-7-17(18)19/h1-8,13H,9-12,14H2,(H,27,31). The SMILES string of the molecule is O=C(CN1CCN(c2ccc([N+](=O)[O-])c3cnccc23)CC1)Nc1ccc(OC(F)(F)F)cc1. The largest absolute Gasteiger partial charge is 0.573 e. The second-order valence-electron chi connectivity index (χ2n) is 7.67. The molecule has 9 nitrogen and oxygen atoms in total. The second kappa shape index (κ2) is 9.51. The molecule has 0 aliphatic carbocycles. The van der Waals surface area contributed by atoms with Gasteiger partial charge in [0.05, 0.1) is 16.9 Å². The molecule has 0 saturated carbocycles. The van der Waals surface area contributed by atoms with E-state index in [0.29, 0.717) is 37.3 Å². The minimum Gasteiger partial charge on any atom is -0.406 e. The quantitative estimate of drug-likeness (QED) is 0.428. The summed E-state index contributed by atoms with van der Waals surface area (Å²) in [7, 11) is 0. The highest BCUT2D eigenvalue weighted by Gasteiger charge is 2.31. The van der Waals surface area contributed by atoms with Crippen LogP contribution < -0.4 is 15.0 Å². The Hall–Kier alpha value is -3.93. The Morgan fingerprint density at radius 2 is 1.76 bits per heavy atom. The third-order valence-electron chi connectivity index (χ3n) is 5.42. The molecule has 178 valence electrons. The van der Waals surface area contributed by atoms with Crippen LogP contribution in [0.5, 0.6) is 5.75 Å². The van der Waals surface area contributed by atoms with Crippen LogP contribution in [0, 0.1) is 10.1 Å². The topological polar surface area (TPSA) is 101 Å². The summed E-state index contributed by atoms with van der Waals surface area (Å²) in [5.74, 6) is -0.652. The fraction of sp³-hybridized carbons (Fsp3) is 0.273. The molecular formula is C22H20F3N5O4. The number of nitro groups is 1. The predicted molar refractivity (Wildman–Crippen MR) is 119 cm³/mol. The average Bonchev–Trinajstić information content (AvgIpc) is 2.79. The molecule has 1 aliphatic heterocycles. The Morgan fingerprint density at radius 1 is 1.06 bits per heavy atom. The van der Waals surface area contributed by atoms with Crippen molar-refractivity contribution in [2.45, 2.75) is 6.36 Å². The van der Waals surface area contributed by atoms with Crippen LogP contribution in [0.3, 0.4) is 0 Å². The summed E-state index contributed by atoms with van der Waals surface area (Å²) < 4.78 is 40.5. The number of aromatic nitrogens is 1. The molecule has 1 saturated heterocycles. The molecule has 1 amide bonds. The number of hydrogen-bond donors (Lipinski definition) is 1. The monoisotopic (exact) mass is 475 g/mol. The van der Waals surface area contributed by atoms with Gasteiger partial charge in [0.15, 0.2) is 0 Å². The first-order valence-electron chi connectivity index (χ1n) is 10.3. The lowest BCUT2D eigenvalue weighted by Crippen LogP contribution is -2.48. The molecule has 0 spiro atoms. The minimum absolute atomic E-state index is 0.000147. The molecule has 0 radical (unpaired) electrons. The molecule has 0 unspecified atom stereocenters. The molecule has 2 aromatic carbocycles. The number of fused-ring (bicyclic) bond motifs is 1. The van der Waals surface area contributed by atoms with Gasteiger partial charge in [-0.15, -0.1) is 13.2 Å². The van der Waals surface area contributed by atoms with Crippen molar-refractivity contribution in [3.63, 3.8) is 0 Å². The Labute approximate surface area is 191 Å². The summed E-state index contributed by atoms with van der Waals surface area (Å²) in [6, 6.07) is 9.90. The number of nitro benzene ring substituents is 1. The number of nitrogens with zero attached hydrogens (tertiary/aromatic N) is 4. The molecule has 1 N–H and O–H groups in total.